The molecule has 0 aliphatic rings. The third-order valence-electron chi connectivity index (χ3n) is 2.72. The second kappa shape index (κ2) is 5.44. The summed E-state index contributed by atoms with van der Waals surface area (Å²) in [6.07, 6.45) is 0. The molecule has 1 heterocycles. The Kier molecular flexibility index (Phi) is 3.90. The Bertz CT molecular complexity index is 610. The first kappa shape index (κ1) is 13.6. The Labute approximate surface area is 118 Å². The van der Waals surface area contributed by atoms with Gasteiger partial charge in [-0.15, -0.1) is 0 Å². The summed E-state index contributed by atoms with van der Waals surface area (Å²) in [4.78, 5) is 10.6. The van der Waals surface area contributed by atoms with Gasteiger partial charge in [0, 0.05) is 10.5 Å². The van der Waals surface area contributed by atoms with Crippen molar-refractivity contribution in [2.75, 3.05) is 5.32 Å². The van der Waals surface area contributed by atoms with Crippen molar-refractivity contribution >= 4 is 27.3 Å². The minimum Gasteiger partial charge on any atom is -0.464 e. The second-order valence-electron chi connectivity index (χ2n) is 4.23. The van der Waals surface area contributed by atoms with Crippen LogP contribution >= 0.6 is 15.9 Å². The molecule has 1 N–H and O–H groups in total. The topological polar surface area (TPSA) is 68.3 Å². The third kappa shape index (κ3) is 3.14. The Morgan fingerprint density at radius 3 is 2.68 bits per heavy atom. The van der Waals surface area contributed by atoms with E-state index in [1.165, 1.54) is 6.07 Å². The molecular weight excluding hydrogens is 312 g/mol. The normalized spacial score (nSPS) is 12.2. The maximum absolute atomic E-state index is 11.0. The molecular formula is C13H13BrN2O3. The fourth-order valence-corrected chi connectivity index (χ4v) is 2.13. The standard InChI is InChI=1S/C13H13BrN2O3/c1-8-3-6-13(19-8)9(2)15-11-7-10(14)4-5-12(11)16(17)18/h3-7,9,15H,1-2H3. The summed E-state index contributed by atoms with van der Waals surface area (Å²) in [7, 11) is 0. The summed E-state index contributed by atoms with van der Waals surface area (Å²) in [6.45, 7) is 3.75. The molecule has 19 heavy (non-hydrogen) atoms. The number of benzene rings is 1. The van der Waals surface area contributed by atoms with Crippen LogP contribution in [0.5, 0.6) is 0 Å². The summed E-state index contributed by atoms with van der Waals surface area (Å²) in [5, 5.41) is 14.1. The zero-order valence-electron chi connectivity index (χ0n) is 10.5. The predicted molar refractivity (Wildman–Crippen MR) is 76.3 cm³/mol. The molecule has 6 heteroatoms. The van der Waals surface area contributed by atoms with Gasteiger partial charge in [-0.2, -0.15) is 0 Å². The zero-order chi connectivity index (χ0) is 14.0. The number of nitro benzene ring substituents is 1. The number of rotatable bonds is 4. The highest BCUT2D eigenvalue weighted by Crippen LogP contribution is 2.31. The number of hydrogen-bond donors (Lipinski definition) is 1. The van der Waals surface area contributed by atoms with Crippen LogP contribution in [-0.4, -0.2) is 4.92 Å². The highest BCUT2D eigenvalue weighted by Gasteiger charge is 2.17. The van der Waals surface area contributed by atoms with E-state index in [2.05, 4.69) is 21.2 Å². The van der Waals surface area contributed by atoms with Gasteiger partial charge in [-0.05, 0) is 38.1 Å². The molecule has 0 spiro atoms. The number of anilines is 1. The van der Waals surface area contributed by atoms with E-state index in [1.54, 1.807) is 12.1 Å². The number of aryl methyl sites for hydroxylation is 1. The molecule has 2 aromatic rings. The van der Waals surface area contributed by atoms with Gasteiger partial charge < -0.3 is 9.73 Å². The third-order valence-corrected chi connectivity index (χ3v) is 3.21. The largest absolute Gasteiger partial charge is 0.464 e. The molecule has 0 aliphatic heterocycles. The molecule has 1 aromatic carbocycles. The van der Waals surface area contributed by atoms with E-state index in [1.807, 2.05) is 26.0 Å². The van der Waals surface area contributed by atoms with Crippen LogP contribution < -0.4 is 5.32 Å². The highest BCUT2D eigenvalue weighted by atomic mass is 79.9. The van der Waals surface area contributed by atoms with Crippen molar-refractivity contribution < 1.29 is 9.34 Å². The molecule has 100 valence electrons. The molecule has 0 bridgehead atoms. The number of halogens is 1. The molecule has 0 saturated carbocycles. The van der Waals surface area contributed by atoms with Crippen LogP contribution in [0.25, 0.3) is 0 Å². The lowest BCUT2D eigenvalue weighted by Gasteiger charge is -2.13. The molecule has 0 saturated heterocycles. The van der Waals surface area contributed by atoms with Gasteiger partial charge in [0.25, 0.3) is 5.69 Å². The number of furan rings is 1. The van der Waals surface area contributed by atoms with Gasteiger partial charge in [0.2, 0.25) is 0 Å². The Morgan fingerprint density at radius 2 is 2.11 bits per heavy atom. The molecule has 0 radical (unpaired) electrons. The molecule has 0 amide bonds. The molecule has 0 aliphatic carbocycles. The zero-order valence-corrected chi connectivity index (χ0v) is 12.1. The predicted octanol–water partition coefficient (Wildman–Crippen LogP) is 4.43. The van der Waals surface area contributed by atoms with E-state index in [-0.39, 0.29) is 11.7 Å². The van der Waals surface area contributed by atoms with Crippen LogP contribution in [0.4, 0.5) is 11.4 Å². The first-order chi connectivity index (χ1) is 8.97. The van der Waals surface area contributed by atoms with Gasteiger partial charge in [0.05, 0.1) is 11.0 Å². The molecule has 0 fully saturated rings. The van der Waals surface area contributed by atoms with Crippen molar-refractivity contribution in [3.63, 3.8) is 0 Å². The van der Waals surface area contributed by atoms with E-state index >= 15 is 0 Å². The number of hydrogen-bond acceptors (Lipinski definition) is 4. The van der Waals surface area contributed by atoms with Crippen molar-refractivity contribution in [1.29, 1.82) is 0 Å². The fraction of sp³-hybridized carbons (Fsp3) is 0.231. The lowest BCUT2D eigenvalue weighted by molar-refractivity contribution is -0.384. The van der Waals surface area contributed by atoms with Crippen LogP contribution in [0.3, 0.4) is 0 Å². The molecule has 1 unspecified atom stereocenters. The maximum Gasteiger partial charge on any atom is 0.292 e. The Hall–Kier alpha value is -1.82. The van der Waals surface area contributed by atoms with E-state index in [0.717, 1.165) is 16.0 Å². The first-order valence-electron chi connectivity index (χ1n) is 5.74. The van der Waals surface area contributed by atoms with Gasteiger partial charge in [-0.25, -0.2) is 0 Å². The Balaban J connectivity index is 2.27. The average Bonchev–Trinajstić information content (AvgIpc) is 2.75. The smallest absolute Gasteiger partial charge is 0.292 e. The minimum absolute atomic E-state index is 0.0401. The molecule has 1 aromatic heterocycles. The summed E-state index contributed by atoms with van der Waals surface area (Å²) < 4.78 is 6.28. The van der Waals surface area contributed by atoms with Gasteiger partial charge in [0.1, 0.15) is 17.2 Å². The molecule has 2 rings (SSSR count). The molecule has 5 nitrogen and oxygen atoms in total. The SMILES string of the molecule is Cc1ccc(C(C)Nc2cc(Br)ccc2[N+](=O)[O-])o1. The van der Waals surface area contributed by atoms with Crippen LogP contribution in [-0.2, 0) is 0 Å². The van der Waals surface area contributed by atoms with Crippen molar-refractivity contribution in [3.8, 4) is 0 Å². The summed E-state index contributed by atoms with van der Waals surface area (Å²) >= 11 is 3.31. The quantitative estimate of drug-likeness (QED) is 0.667. The van der Waals surface area contributed by atoms with Crippen molar-refractivity contribution in [2.24, 2.45) is 0 Å². The van der Waals surface area contributed by atoms with E-state index in [4.69, 9.17) is 4.42 Å². The summed E-state index contributed by atoms with van der Waals surface area (Å²) in [5.41, 5.74) is 0.499. The summed E-state index contributed by atoms with van der Waals surface area (Å²) in [6, 6.07) is 8.36. The molecule has 1 atom stereocenters. The monoisotopic (exact) mass is 324 g/mol. The van der Waals surface area contributed by atoms with Crippen LogP contribution in [0.2, 0.25) is 0 Å². The van der Waals surface area contributed by atoms with Gasteiger partial charge in [0.15, 0.2) is 0 Å². The summed E-state index contributed by atoms with van der Waals surface area (Å²) in [5.74, 6) is 1.55. The van der Waals surface area contributed by atoms with E-state index in [0.29, 0.717) is 5.69 Å². The lowest BCUT2D eigenvalue weighted by atomic mass is 10.2. The average molecular weight is 325 g/mol. The van der Waals surface area contributed by atoms with Gasteiger partial charge in [-0.1, -0.05) is 15.9 Å². The maximum atomic E-state index is 11.0. The van der Waals surface area contributed by atoms with Crippen molar-refractivity contribution in [2.45, 2.75) is 19.9 Å². The Morgan fingerprint density at radius 1 is 1.37 bits per heavy atom. The van der Waals surface area contributed by atoms with Crippen LogP contribution in [0.15, 0.2) is 39.2 Å². The lowest BCUT2D eigenvalue weighted by Crippen LogP contribution is -2.07. The first-order valence-corrected chi connectivity index (χ1v) is 6.53. The number of nitrogens with one attached hydrogen (secondary N) is 1. The fourth-order valence-electron chi connectivity index (χ4n) is 1.77. The highest BCUT2D eigenvalue weighted by molar-refractivity contribution is 9.10. The number of nitrogens with zero attached hydrogens (tertiary/aromatic N) is 1. The minimum atomic E-state index is -0.408. The van der Waals surface area contributed by atoms with E-state index in [9.17, 15) is 10.1 Å². The van der Waals surface area contributed by atoms with Gasteiger partial charge >= 0.3 is 0 Å². The van der Waals surface area contributed by atoms with E-state index < -0.39 is 4.92 Å². The van der Waals surface area contributed by atoms with Crippen LogP contribution in [0, 0.1) is 17.0 Å². The number of nitro groups is 1. The second-order valence-corrected chi connectivity index (χ2v) is 5.15. The van der Waals surface area contributed by atoms with Crippen molar-refractivity contribution in [1.82, 2.24) is 0 Å². The van der Waals surface area contributed by atoms with Gasteiger partial charge in [-0.3, -0.25) is 10.1 Å². The van der Waals surface area contributed by atoms with Crippen LogP contribution in [0.1, 0.15) is 24.5 Å². The van der Waals surface area contributed by atoms with Crippen molar-refractivity contribution in [3.05, 3.63) is 56.4 Å².